The van der Waals surface area contributed by atoms with Crippen molar-refractivity contribution in [1.29, 1.82) is 0 Å². The molecule has 2 rings (SSSR count). The highest BCUT2D eigenvalue weighted by Crippen LogP contribution is 2.19. The number of hydrogen-bond donors (Lipinski definition) is 1. The minimum Gasteiger partial charge on any atom is -0.326 e. The van der Waals surface area contributed by atoms with Gasteiger partial charge in [-0.1, -0.05) is 13.8 Å². The number of nitrogens with zero attached hydrogens (tertiary/aromatic N) is 2. The maximum Gasteiger partial charge on any atom is 0.116 e. The van der Waals surface area contributed by atoms with Gasteiger partial charge in [-0.15, -0.1) is 0 Å². The van der Waals surface area contributed by atoms with Gasteiger partial charge in [-0.3, -0.25) is 0 Å². The highest BCUT2D eigenvalue weighted by atomic mass is 15.0. The molecule has 0 aliphatic heterocycles. The lowest BCUT2D eigenvalue weighted by Crippen LogP contribution is -1.99. The third-order valence-electron chi connectivity index (χ3n) is 2.67. The van der Waals surface area contributed by atoms with Crippen molar-refractivity contribution in [3.63, 3.8) is 0 Å². The minimum absolute atomic E-state index is 0.440. The van der Waals surface area contributed by atoms with Gasteiger partial charge < -0.3 is 10.1 Å². The molecule has 2 aromatic heterocycles. The predicted molar refractivity (Wildman–Crippen MR) is 61.9 cm³/mol. The van der Waals surface area contributed by atoms with Crippen LogP contribution in [0.15, 0.2) is 18.3 Å². The van der Waals surface area contributed by atoms with Crippen LogP contribution in [0, 0.1) is 6.92 Å². The predicted octanol–water partition coefficient (Wildman–Crippen LogP) is 2.22. The number of aryl methyl sites for hydroxylation is 1. The standard InChI is InChI=1S/C12H17N3/c1-8(2)12-14-9(3)11-6-10(7-13)4-5-15(11)12/h4-6,8H,7,13H2,1-3H3. The molecule has 0 aromatic carbocycles. The zero-order valence-corrected chi connectivity index (χ0v) is 9.49. The normalized spacial score (nSPS) is 11.5. The number of aromatic nitrogens is 2. The summed E-state index contributed by atoms with van der Waals surface area (Å²) >= 11 is 0. The fourth-order valence-electron chi connectivity index (χ4n) is 1.84. The van der Waals surface area contributed by atoms with Gasteiger partial charge in [0, 0.05) is 18.7 Å². The molecule has 3 nitrogen and oxygen atoms in total. The van der Waals surface area contributed by atoms with Crippen LogP contribution in [-0.4, -0.2) is 9.38 Å². The zero-order valence-electron chi connectivity index (χ0n) is 9.49. The van der Waals surface area contributed by atoms with Crippen LogP contribution in [0.3, 0.4) is 0 Å². The van der Waals surface area contributed by atoms with Gasteiger partial charge in [0.1, 0.15) is 5.82 Å². The van der Waals surface area contributed by atoms with E-state index >= 15 is 0 Å². The molecule has 2 aromatic rings. The van der Waals surface area contributed by atoms with Crippen LogP contribution < -0.4 is 5.73 Å². The second-order valence-corrected chi connectivity index (χ2v) is 4.20. The van der Waals surface area contributed by atoms with Gasteiger partial charge in [0.05, 0.1) is 11.2 Å². The van der Waals surface area contributed by atoms with Crippen LogP contribution in [0.5, 0.6) is 0 Å². The second-order valence-electron chi connectivity index (χ2n) is 4.20. The molecule has 0 atom stereocenters. The molecule has 0 amide bonds. The largest absolute Gasteiger partial charge is 0.326 e. The Hall–Kier alpha value is -1.35. The molecular weight excluding hydrogens is 186 g/mol. The third-order valence-corrected chi connectivity index (χ3v) is 2.67. The Morgan fingerprint density at radius 1 is 1.47 bits per heavy atom. The van der Waals surface area contributed by atoms with Gasteiger partial charge in [0.15, 0.2) is 0 Å². The van der Waals surface area contributed by atoms with Crippen molar-refractivity contribution in [2.45, 2.75) is 33.2 Å². The van der Waals surface area contributed by atoms with Crippen LogP contribution in [0.1, 0.15) is 36.8 Å². The van der Waals surface area contributed by atoms with Gasteiger partial charge in [0.25, 0.3) is 0 Å². The van der Waals surface area contributed by atoms with Crippen LogP contribution in [0.4, 0.5) is 0 Å². The van der Waals surface area contributed by atoms with Crippen molar-refractivity contribution >= 4 is 5.52 Å². The molecule has 0 aliphatic rings. The maximum atomic E-state index is 5.63. The number of rotatable bonds is 2. The van der Waals surface area contributed by atoms with Gasteiger partial charge in [-0.25, -0.2) is 4.98 Å². The van der Waals surface area contributed by atoms with Crippen molar-refractivity contribution in [2.75, 3.05) is 0 Å². The van der Waals surface area contributed by atoms with Crippen molar-refractivity contribution < 1.29 is 0 Å². The first-order valence-electron chi connectivity index (χ1n) is 5.31. The lowest BCUT2D eigenvalue weighted by molar-refractivity contribution is 0.767. The van der Waals surface area contributed by atoms with E-state index in [9.17, 15) is 0 Å². The van der Waals surface area contributed by atoms with Crippen molar-refractivity contribution in [1.82, 2.24) is 9.38 Å². The summed E-state index contributed by atoms with van der Waals surface area (Å²) in [5.74, 6) is 1.56. The van der Waals surface area contributed by atoms with Gasteiger partial charge in [-0.2, -0.15) is 0 Å². The van der Waals surface area contributed by atoms with Gasteiger partial charge in [-0.05, 0) is 24.6 Å². The molecule has 2 heterocycles. The summed E-state index contributed by atoms with van der Waals surface area (Å²) in [6.07, 6.45) is 2.06. The zero-order chi connectivity index (χ0) is 11.0. The minimum atomic E-state index is 0.440. The summed E-state index contributed by atoms with van der Waals surface area (Å²) in [5.41, 5.74) is 9.03. The highest BCUT2D eigenvalue weighted by Gasteiger charge is 2.10. The third kappa shape index (κ3) is 1.63. The topological polar surface area (TPSA) is 43.3 Å². The summed E-state index contributed by atoms with van der Waals surface area (Å²) in [4.78, 5) is 4.59. The summed E-state index contributed by atoms with van der Waals surface area (Å²) < 4.78 is 2.15. The van der Waals surface area contributed by atoms with E-state index in [1.807, 2.05) is 6.92 Å². The highest BCUT2D eigenvalue weighted by molar-refractivity contribution is 5.54. The smallest absolute Gasteiger partial charge is 0.116 e. The number of hydrogen-bond acceptors (Lipinski definition) is 2. The van der Waals surface area contributed by atoms with E-state index in [1.54, 1.807) is 0 Å². The quantitative estimate of drug-likeness (QED) is 0.813. The molecule has 0 fully saturated rings. The molecule has 0 radical (unpaired) electrons. The van der Waals surface area contributed by atoms with Crippen molar-refractivity contribution in [3.05, 3.63) is 35.4 Å². The SMILES string of the molecule is Cc1nc(C(C)C)n2ccc(CN)cc12. The molecule has 0 unspecified atom stereocenters. The Morgan fingerprint density at radius 3 is 2.80 bits per heavy atom. The maximum absolute atomic E-state index is 5.63. The van der Waals surface area contributed by atoms with E-state index < -0.39 is 0 Å². The van der Waals surface area contributed by atoms with Crippen LogP contribution in [0.2, 0.25) is 0 Å². The molecule has 0 saturated carbocycles. The number of imidazole rings is 1. The van der Waals surface area contributed by atoms with E-state index in [4.69, 9.17) is 5.73 Å². The summed E-state index contributed by atoms with van der Waals surface area (Å²) in [6, 6.07) is 4.17. The van der Waals surface area contributed by atoms with Crippen molar-refractivity contribution in [2.24, 2.45) is 5.73 Å². The molecular formula is C12H17N3. The Labute approximate surface area is 89.9 Å². The molecule has 15 heavy (non-hydrogen) atoms. The van der Waals surface area contributed by atoms with E-state index in [0.29, 0.717) is 12.5 Å². The molecule has 0 bridgehead atoms. The van der Waals surface area contributed by atoms with E-state index in [1.165, 1.54) is 5.52 Å². The fraction of sp³-hybridized carbons (Fsp3) is 0.417. The lowest BCUT2D eigenvalue weighted by atomic mass is 10.2. The van der Waals surface area contributed by atoms with Crippen LogP contribution in [-0.2, 0) is 6.54 Å². The average molecular weight is 203 g/mol. The first-order valence-corrected chi connectivity index (χ1v) is 5.31. The van der Waals surface area contributed by atoms with Gasteiger partial charge in [0.2, 0.25) is 0 Å². The molecule has 80 valence electrons. The molecule has 0 saturated heterocycles. The number of fused-ring (bicyclic) bond motifs is 1. The Kier molecular flexibility index (Phi) is 2.49. The molecule has 0 aliphatic carbocycles. The molecule has 3 heteroatoms. The summed E-state index contributed by atoms with van der Waals surface area (Å²) in [5, 5.41) is 0. The van der Waals surface area contributed by atoms with Crippen LogP contribution in [0.25, 0.3) is 5.52 Å². The number of pyridine rings is 1. The molecule has 2 N–H and O–H groups in total. The van der Waals surface area contributed by atoms with E-state index in [-0.39, 0.29) is 0 Å². The summed E-state index contributed by atoms with van der Waals surface area (Å²) in [6.45, 7) is 6.94. The Morgan fingerprint density at radius 2 is 2.20 bits per heavy atom. The van der Waals surface area contributed by atoms with Gasteiger partial charge >= 0.3 is 0 Å². The van der Waals surface area contributed by atoms with E-state index in [2.05, 4.69) is 41.6 Å². The monoisotopic (exact) mass is 203 g/mol. The second kappa shape index (κ2) is 3.66. The summed E-state index contributed by atoms with van der Waals surface area (Å²) in [7, 11) is 0. The first-order chi connectivity index (χ1) is 7.13. The lowest BCUT2D eigenvalue weighted by Gasteiger charge is -2.04. The first kappa shape index (κ1) is 10.2. The van der Waals surface area contributed by atoms with Crippen molar-refractivity contribution in [3.8, 4) is 0 Å². The Balaban J connectivity index is 2.69. The average Bonchev–Trinajstić information content (AvgIpc) is 2.56. The Bertz CT molecular complexity index is 483. The number of nitrogens with two attached hydrogens (primary N) is 1. The fourth-order valence-corrected chi connectivity index (χ4v) is 1.84. The van der Waals surface area contributed by atoms with Crippen LogP contribution >= 0.6 is 0 Å². The van der Waals surface area contributed by atoms with E-state index in [0.717, 1.165) is 17.1 Å². The molecule has 0 spiro atoms.